The summed E-state index contributed by atoms with van der Waals surface area (Å²) in [6.07, 6.45) is 1.52. The Bertz CT molecular complexity index is 617. The van der Waals surface area contributed by atoms with Gasteiger partial charge in [0.15, 0.2) is 5.82 Å². The highest BCUT2D eigenvalue weighted by molar-refractivity contribution is 5.72. The van der Waals surface area contributed by atoms with Gasteiger partial charge in [0.05, 0.1) is 0 Å². The Kier molecular flexibility index (Phi) is 3.70. The number of hydrogen-bond donors (Lipinski definition) is 2. The van der Waals surface area contributed by atoms with Crippen molar-refractivity contribution in [3.05, 3.63) is 41.8 Å². The first kappa shape index (κ1) is 12.9. The molecule has 1 heterocycles. The van der Waals surface area contributed by atoms with E-state index in [0.29, 0.717) is 22.8 Å². The number of nitrogens with one attached hydrogen (secondary N) is 1. The number of halogens is 1. The third-order valence-electron chi connectivity index (χ3n) is 2.49. The number of anilines is 1. The number of aromatic nitrogens is 2. The normalized spacial score (nSPS) is 10.2. The van der Waals surface area contributed by atoms with Gasteiger partial charge in [0.2, 0.25) is 0 Å². The van der Waals surface area contributed by atoms with Crippen molar-refractivity contribution in [3.8, 4) is 11.4 Å². The number of carboxylic acids is 1. The summed E-state index contributed by atoms with van der Waals surface area (Å²) in [5, 5.41) is 11.2. The molecule has 0 aliphatic rings. The molecule has 0 aliphatic carbocycles. The number of carbonyl (C=O) groups is 1. The zero-order valence-electron chi connectivity index (χ0n) is 10.2. The lowest BCUT2D eigenvalue weighted by atomic mass is 10.1. The number of aryl methyl sites for hydroxylation is 1. The van der Waals surface area contributed by atoms with Crippen LogP contribution in [0.1, 0.15) is 5.56 Å². The first-order chi connectivity index (χ1) is 9.06. The van der Waals surface area contributed by atoms with Crippen molar-refractivity contribution in [2.45, 2.75) is 6.92 Å². The van der Waals surface area contributed by atoms with Crippen LogP contribution in [0.2, 0.25) is 0 Å². The SMILES string of the molecule is Cc1cc(-c2nccc(NCC(=O)O)n2)ccc1F. The quantitative estimate of drug-likeness (QED) is 0.881. The standard InChI is InChI=1S/C13H12FN3O2/c1-8-6-9(2-3-10(8)14)13-15-5-4-11(17-13)16-7-12(18)19/h2-6H,7H2,1H3,(H,18,19)(H,15,16,17). The molecule has 0 aliphatic heterocycles. The van der Waals surface area contributed by atoms with Crippen molar-refractivity contribution < 1.29 is 14.3 Å². The van der Waals surface area contributed by atoms with Gasteiger partial charge >= 0.3 is 5.97 Å². The molecule has 1 aromatic carbocycles. The first-order valence-electron chi connectivity index (χ1n) is 5.61. The van der Waals surface area contributed by atoms with E-state index in [2.05, 4.69) is 15.3 Å². The van der Waals surface area contributed by atoms with Crippen LogP contribution in [0.5, 0.6) is 0 Å². The predicted molar refractivity (Wildman–Crippen MR) is 68.3 cm³/mol. The summed E-state index contributed by atoms with van der Waals surface area (Å²) in [7, 11) is 0. The molecule has 2 N–H and O–H groups in total. The largest absolute Gasteiger partial charge is 0.480 e. The molecule has 6 heteroatoms. The van der Waals surface area contributed by atoms with E-state index in [0.717, 1.165) is 0 Å². The van der Waals surface area contributed by atoms with Crippen LogP contribution in [0.15, 0.2) is 30.5 Å². The van der Waals surface area contributed by atoms with Gasteiger partial charge in [-0.05, 0) is 36.8 Å². The Morgan fingerprint density at radius 3 is 2.89 bits per heavy atom. The van der Waals surface area contributed by atoms with Crippen LogP contribution >= 0.6 is 0 Å². The minimum Gasteiger partial charge on any atom is -0.480 e. The van der Waals surface area contributed by atoms with E-state index in [1.807, 2.05) is 0 Å². The number of carboxylic acid groups (broad SMARTS) is 1. The highest BCUT2D eigenvalue weighted by Crippen LogP contribution is 2.19. The van der Waals surface area contributed by atoms with Crippen LogP contribution in [0.3, 0.4) is 0 Å². The molecular weight excluding hydrogens is 249 g/mol. The van der Waals surface area contributed by atoms with Gasteiger partial charge in [-0.1, -0.05) is 0 Å². The Labute approximate surface area is 109 Å². The highest BCUT2D eigenvalue weighted by Gasteiger charge is 2.06. The van der Waals surface area contributed by atoms with Crippen molar-refractivity contribution in [3.63, 3.8) is 0 Å². The van der Waals surface area contributed by atoms with Gasteiger partial charge in [0.1, 0.15) is 18.2 Å². The summed E-state index contributed by atoms with van der Waals surface area (Å²) in [5.74, 6) is -0.436. The van der Waals surface area contributed by atoms with Crippen molar-refractivity contribution in [1.82, 2.24) is 9.97 Å². The van der Waals surface area contributed by atoms with Crippen LogP contribution in [0.4, 0.5) is 10.2 Å². The summed E-state index contributed by atoms with van der Waals surface area (Å²) >= 11 is 0. The molecule has 5 nitrogen and oxygen atoms in total. The molecule has 0 spiro atoms. The Balaban J connectivity index is 2.27. The van der Waals surface area contributed by atoms with E-state index in [1.54, 1.807) is 25.1 Å². The number of benzene rings is 1. The van der Waals surface area contributed by atoms with Gasteiger partial charge in [-0.3, -0.25) is 4.79 Å². The maximum absolute atomic E-state index is 13.2. The first-order valence-corrected chi connectivity index (χ1v) is 5.61. The van der Waals surface area contributed by atoms with Crippen LogP contribution in [0.25, 0.3) is 11.4 Å². The average Bonchev–Trinajstić information content (AvgIpc) is 2.40. The molecular formula is C13H12FN3O2. The van der Waals surface area contributed by atoms with Crippen molar-refractivity contribution in [2.24, 2.45) is 0 Å². The van der Waals surface area contributed by atoms with Crippen LogP contribution < -0.4 is 5.32 Å². The summed E-state index contributed by atoms with van der Waals surface area (Å²) in [6.45, 7) is 1.43. The molecule has 0 atom stereocenters. The average molecular weight is 261 g/mol. The lowest BCUT2D eigenvalue weighted by Gasteiger charge is -2.06. The molecule has 1 aromatic heterocycles. The third kappa shape index (κ3) is 3.25. The fraction of sp³-hybridized carbons (Fsp3) is 0.154. The summed E-state index contributed by atoms with van der Waals surface area (Å²) in [6, 6.07) is 6.15. The molecule has 0 fully saturated rings. The van der Waals surface area contributed by atoms with Crippen molar-refractivity contribution in [2.75, 3.05) is 11.9 Å². The Morgan fingerprint density at radius 2 is 2.21 bits per heavy atom. The molecule has 98 valence electrons. The second-order valence-corrected chi connectivity index (χ2v) is 3.98. The molecule has 0 bridgehead atoms. The number of aliphatic carboxylic acids is 1. The van der Waals surface area contributed by atoms with Gasteiger partial charge in [-0.2, -0.15) is 0 Å². The zero-order chi connectivity index (χ0) is 13.8. The number of hydrogen-bond acceptors (Lipinski definition) is 4. The van der Waals surface area contributed by atoms with E-state index in [1.165, 1.54) is 12.3 Å². The smallest absolute Gasteiger partial charge is 0.322 e. The lowest BCUT2D eigenvalue weighted by molar-refractivity contribution is -0.134. The topological polar surface area (TPSA) is 75.1 Å². The van der Waals surface area contributed by atoms with Crippen molar-refractivity contribution >= 4 is 11.8 Å². The van der Waals surface area contributed by atoms with E-state index >= 15 is 0 Å². The van der Waals surface area contributed by atoms with Crippen LogP contribution in [0, 0.1) is 12.7 Å². The molecule has 2 rings (SSSR count). The lowest BCUT2D eigenvalue weighted by Crippen LogP contribution is -2.13. The maximum Gasteiger partial charge on any atom is 0.322 e. The Hall–Kier alpha value is -2.50. The minimum atomic E-state index is -0.974. The van der Waals surface area contributed by atoms with Gasteiger partial charge in [-0.15, -0.1) is 0 Å². The summed E-state index contributed by atoms with van der Waals surface area (Å²) in [4.78, 5) is 18.7. The number of rotatable bonds is 4. The predicted octanol–water partition coefficient (Wildman–Crippen LogP) is 2.09. The Morgan fingerprint density at radius 1 is 1.42 bits per heavy atom. The van der Waals surface area contributed by atoms with Gasteiger partial charge in [0, 0.05) is 11.8 Å². The highest BCUT2D eigenvalue weighted by atomic mass is 19.1. The third-order valence-corrected chi connectivity index (χ3v) is 2.49. The maximum atomic E-state index is 13.2. The summed E-state index contributed by atoms with van der Waals surface area (Å²) < 4.78 is 13.2. The molecule has 0 amide bonds. The van der Waals surface area contributed by atoms with E-state index in [4.69, 9.17) is 5.11 Å². The second-order valence-electron chi connectivity index (χ2n) is 3.98. The molecule has 0 radical (unpaired) electrons. The monoisotopic (exact) mass is 261 g/mol. The van der Waals surface area contributed by atoms with Crippen molar-refractivity contribution in [1.29, 1.82) is 0 Å². The van der Waals surface area contributed by atoms with Gasteiger partial charge < -0.3 is 10.4 Å². The van der Waals surface area contributed by atoms with Gasteiger partial charge in [-0.25, -0.2) is 14.4 Å². The van der Waals surface area contributed by atoms with Crippen LogP contribution in [-0.4, -0.2) is 27.6 Å². The molecule has 0 unspecified atom stereocenters. The van der Waals surface area contributed by atoms with E-state index in [9.17, 15) is 9.18 Å². The number of nitrogens with zero attached hydrogens (tertiary/aromatic N) is 2. The fourth-order valence-corrected chi connectivity index (χ4v) is 1.55. The molecule has 19 heavy (non-hydrogen) atoms. The second kappa shape index (κ2) is 5.43. The fourth-order valence-electron chi connectivity index (χ4n) is 1.55. The van der Waals surface area contributed by atoms with E-state index in [-0.39, 0.29) is 12.4 Å². The van der Waals surface area contributed by atoms with Gasteiger partial charge in [0.25, 0.3) is 0 Å². The molecule has 2 aromatic rings. The molecule has 0 saturated heterocycles. The molecule has 0 saturated carbocycles. The minimum absolute atomic E-state index is 0.223. The summed E-state index contributed by atoms with van der Waals surface area (Å²) in [5.41, 5.74) is 1.18. The van der Waals surface area contributed by atoms with Crippen LogP contribution in [-0.2, 0) is 4.79 Å². The van der Waals surface area contributed by atoms with E-state index < -0.39 is 5.97 Å². The zero-order valence-corrected chi connectivity index (χ0v) is 10.2.